The third kappa shape index (κ3) is 10.4. The Balaban J connectivity index is 1.74. The monoisotopic (exact) mass is 645 g/mol. The third-order valence-corrected chi connectivity index (χ3v) is 7.89. The van der Waals surface area contributed by atoms with E-state index in [1.54, 1.807) is 19.1 Å². The maximum atomic E-state index is 14.0. The Labute approximate surface area is 276 Å². The fourth-order valence-corrected chi connectivity index (χ4v) is 5.69. The molecule has 2 aliphatic rings. The number of benzene rings is 2. The molecule has 3 heterocycles. The first-order chi connectivity index (χ1) is 22.4. The van der Waals surface area contributed by atoms with Gasteiger partial charge in [0.15, 0.2) is 5.82 Å². The van der Waals surface area contributed by atoms with Crippen molar-refractivity contribution in [1.29, 1.82) is 0 Å². The van der Waals surface area contributed by atoms with E-state index in [0.717, 1.165) is 11.1 Å². The number of amides is 4. The molecular weight excluding hydrogens is 598 g/mol. The molecular formula is C35H47N7O5. The van der Waals surface area contributed by atoms with Crippen molar-refractivity contribution < 1.29 is 23.9 Å². The number of ether oxygens (including phenoxy) is 1. The molecule has 12 nitrogen and oxygen atoms in total. The van der Waals surface area contributed by atoms with Crippen LogP contribution in [-0.2, 0) is 38.6 Å². The van der Waals surface area contributed by atoms with Crippen molar-refractivity contribution in [3.8, 4) is 5.75 Å². The number of aryl methyl sites for hydroxylation is 1. The van der Waals surface area contributed by atoms with Gasteiger partial charge < -0.3 is 26.0 Å². The predicted molar refractivity (Wildman–Crippen MR) is 177 cm³/mol. The maximum Gasteiger partial charge on any atom is 0.243 e. The Morgan fingerprint density at radius 2 is 1.68 bits per heavy atom. The SMILES string of the molecule is CC(=O)N[C@H]1Cc2ccc(cc2)OC[C@H](CC(C)C)NC(=O)Cn2nc(C)nc2[C@H](C(C)C)NC(=O)[C@H](Cc2ccccc2)NC1=O. The summed E-state index contributed by atoms with van der Waals surface area (Å²) in [6, 6.07) is 13.9. The van der Waals surface area contributed by atoms with E-state index >= 15 is 0 Å². The van der Waals surface area contributed by atoms with Gasteiger partial charge in [-0.1, -0.05) is 70.2 Å². The molecule has 47 heavy (non-hydrogen) atoms. The number of nitrogens with one attached hydrogen (secondary N) is 4. The average Bonchev–Trinajstić information content (AvgIpc) is 3.36. The smallest absolute Gasteiger partial charge is 0.243 e. The van der Waals surface area contributed by atoms with Gasteiger partial charge in [0.2, 0.25) is 23.6 Å². The molecule has 0 aliphatic carbocycles. The van der Waals surface area contributed by atoms with Crippen LogP contribution in [0.25, 0.3) is 0 Å². The van der Waals surface area contributed by atoms with Crippen LogP contribution in [-0.4, -0.2) is 63.1 Å². The molecule has 0 radical (unpaired) electrons. The van der Waals surface area contributed by atoms with Gasteiger partial charge in [0.1, 0.15) is 36.8 Å². The Kier molecular flexibility index (Phi) is 12.1. The first kappa shape index (κ1) is 35.1. The molecule has 4 atom stereocenters. The van der Waals surface area contributed by atoms with E-state index in [0.29, 0.717) is 29.7 Å². The number of aromatic nitrogens is 3. The van der Waals surface area contributed by atoms with E-state index in [-0.39, 0.29) is 49.8 Å². The van der Waals surface area contributed by atoms with Crippen molar-refractivity contribution in [2.45, 2.75) is 91.5 Å². The summed E-state index contributed by atoms with van der Waals surface area (Å²) in [5.74, 6) is 0.163. The quantitative estimate of drug-likeness (QED) is 0.321. The van der Waals surface area contributed by atoms with Crippen LogP contribution in [0.15, 0.2) is 54.6 Å². The van der Waals surface area contributed by atoms with Crippen molar-refractivity contribution in [3.63, 3.8) is 0 Å². The lowest BCUT2D eigenvalue weighted by Crippen LogP contribution is -2.55. The molecule has 252 valence electrons. The minimum atomic E-state index is -0.971. The summed E-state index contributed by atoms with van der Waals surface area (Å²) in [6.45, 7) is 11.3. The molecule has 2 aliphatic heterocycles. The number of rotatable bonds is 6. The van der Waals surface area contributed by atoms with E-state index in [9.17, 15) is 19.2 Å². The Bertz CT molecular complexity index is 1520. The molecule has 0 unspecified atom stereocenters. The first-order valence-electron chi connectivity index (χ1n) is 16.2. The van der Waals surface area contributed by atoms with Crippen molar-refractivity contribution in [1.82, 2.24) is 36.0 Å². The van der Waals surface area contributed by atoms with E-state index in [2.05, 4.69) is 45.2 Å². The van der Waals surface area contributed by atoms with E-state index in [1.165, 1.54) is 11.6 Å². The molecule has 5 rings (SSSR count). The van der Waals surface area contributed by atoms with E-state index in [4.69, 9.17) is 4.74 Å². The normalized spacial score (nSPS) is 21.3. The lowest BCUT2D eigenvalue weighted by atomic mass is 10.00. The second-order valence-electron chi connectivity index (χ2n) is 13.0. The third-order valence-electron chi connectivity index (χ3n) is 7.89. The summed E-state index contributed by atoms with van der Waals surface area (Å²) >= 11 is 0. The highest BCUT2D eigenvalue weighted by atomic mass is 16.5. The van der Waals surface area contributed by atoms with Crippen LogP contribution in [0.5, 0.6) is 5.75 Å². The molecule has 2 aromatic carbocycles. The highest BCUT2D eigenvalue weighted by Crippen LogP contribution is 2.22. The Hall–Kier alpha value is -4.74. The van der Waals surface area contributed by atoms with Crippen LogP contribution in [0.4, 0.5) is 0 Å². The maximum absolute atomic E-state index is 14.0. The van der Waals surface area contributed by atoms with Gasteiger partial charge in [0.25, 0.3) is 0 Å². The van der Waals surface area contributed by atoms with Crippen LogP contribution >= 0.6 is 0 Å². The number of carbonyl (C=O) groups is 4. The Morgan fingerprint density at radius 1 is 0.979 bits per heavy atom. The van der Waals surface area contributed by atoms with E-state index < -0.39 is 29.9 Å². The average molecular weight is 646 g/mol. The van der Waals surface area contributed by atoms with Crippen LogP contribution in [0.1, 0.15) is 69.9 Å². The van der Waals surface area contributed by atoms with Gasteiger partial charge in [-0.2, -0.15) is 5.10 Å². The highest BCUT2D eigenvalue weighted by molar-refractivity contribution is 5.92. The fraction of sp³-hybridized carbons (Fsp3) is 0.486. The molecule has 4 amide bonds. The number of hydrogen-bond donors (Lipinski definition) is 4. The summed E-state index contributed by atoms with van der Waals surface area (Å²) in [7, 11) is 0. The molecule has 0 saturated carbocycles. The van der Waals surface area contributed by atoms with Crippen molar-refractivity contribution in [2.24, 2.45) is 11.8 Å². The summed E-state index contributed by atoms with van der Waals surface area (Å²) in [4.78, 5) is 58.0. The van der Waals surface area contributed by atoms with Crippen molar-refractivity contribution >= 4 is 23.6 Å². The second kappa shape index (κ2) is 16.2. The van der Waals surface area contributed by atoms with Gasteiger partial charge in [-0.3, -0.25) is 19.2 Å². The Morgan fingerprint density at radius 3 is 2.32 bits per heavy atom. The molecule has 1 aromatic heterocycles. The topological polar surface area (TPSA) is 156 Å². The second-order valence-corrected chi connectivity index (χ2v) is 13.0. The summed E-state index contributed by atoms with van der Waals surface area (Å²) in [5.41, 5.74) is 1.65. The van der Waals surface area contributed by atoms with Gasteiger partial charge in [-0.25, -0.2) is 9.67 Å². The van der Waals surface area contributed by atoms with Crippen molar-refractivity contribution in [2.75, 3.05) is 6.61 Å². The molecule has 0 fully saturated rings. The largest absolute Gasteiger partial charge is 0.491 e. The standard InChI is InChI=1S/C35H47N7O5/c1-21(2)16-27-20-47-28-14-12-26(13-15-28)18-29(37-24(6)43)34(45)39-30(17-25-10-8-7-9-11-25)35(46)40-32(22(3)4)33-36-23(5)41-42(33)19-31(44)38-27/h7-15,21-22,27,29-30,32H,16-20H2,1-6H3,(H,37,43)(H,38,44)(H,39,45)(H,40,46)/t27-,29-,30-,32-/m0/s1. The first-order valence-corrected chi connectivity index (χ1v) is 16.2. The molecule has 2 bridgehead atoms. The molecule has 3 aromatic rings. The zero-order chi connectivity index (χ0) is 34.1. The number of hydrogen-bond acceptors (Lipinski definition) is 7. The number of nitrogens with zero attached hydrogens (tertiary/aromatic N) is 3. The summed E-state index contributed by atoms with van der Waals surface area (Å²) in [5, 5.41) is 16.3. The van der Waals surface area contributed by atoms with Gasteiger partial charge in [0.05, 0.1) is 12.1 Å². The molecule has 4 N–H and O–H groups in total. The van der Waals surface area contributed by atoms with Gasteiger partial charge in [-0.15, -0.1) is 0 Å². The van der Waals surface area contributed by atoms with Crippen molar-refractivity contribution in [3.05, 3.63) is 77.4 Å². The minimum Gasteiger partial charge on any atom is -0.491 e. The van der Waals surface area contributed by atoms with Crippen LogP contribution in [0.2, 0.25) is 0 Å². The molecule has 12 heteroatoms. The summed E-state index contributed by atoms with van der Waals surface area (Å²) < 4.78 is 7.60. The summed E-state index contributed by atoms with van der Waals surface area (Å²) in [6.07, 6.45) is 1.12. The molecule has 0 saturated heterocycles. The van der Waals surface area contributed by atoms with E-state index in [1.807, 2.05) is 56.3 Å². The van der Waals surface area contributed by atoms with Crippen LogP contribution in [0, 0.1) is 18.8 Å². The predicted octanol–water partition coefficient (Wildman–Crippen LogP) is 2.80. The minimum absolute atomic E-state index is 0.0961. The number of carbonyl (C=O) groups excluding carboxylic acids is 4. The van der Waals surface area contributed by atoms with Gasteiger partial charge in [0, 0.05) is 19.8 Å². The zero-order valence-electron chi connectivity index (χ0n) is 28.1. The highest BCUT2D eigenvalue weighted by Gasteiger charge is 2.32. The lowest BCUT2D eigenvalue weighted by Gasteiger charge is -2.27. The lowest BCUT2D eigenvalue weighted by molar-refractivity contribution is -0.132. The number of fused-ring (bicyclic) bond motifs is 14. The van der Waals surface area contributed by atoms with Gasteiger partial charge in [-0.05, 0) is 48.4 Å². The van der Waals surface area contributed by atoms with Gasteiger partial charge >= 0.3 is 0 Å². The fourth-order valence-electron chi connectivity index (χ4n) is 5.69. The molecule has 0 spiro atoms. The van der Waals surface area contributed by atoms with Crippen LogP contribution < -0.4 is 26.0 Å². The van der Waals surface area contributed by atoms with Crippen LogP contribution in [0.3, 0.4) is 0 Å². The zero-order valence-corrected chi connectivity index (χ0v) is 28.1.